The first-order valence-electron chi connectivity index (χ1n) is 8.17. The Morgan fingerprint density at radius 1 is 1.30 bits per heavy atom. The molecule has 1 amide bonds. The van der Waals surface area contributed by atoms with Gasteiger partial charge in [0.05, 0.1) is 25.1 Å². The van der Waals surface area contributed by atoms with Crippen molar-refractivity contribution >= 4 is 29.0 Å². The summed E-state index contributed by atoms with van der Waals surface area (Å²) in [5.74, 6) is -0.724. The van der Waals surface area contributed by atoms with Gasteiger partial charge in [-0.15, -0.1) is 11.3 Å². The van der Waals surface area contributed by atoms with Crippen molar-refractivity contribution in [2.75, 3.05) is 19.0 Å². The van der Waals surface area contributed by atoms with Crippen LogP contribution in [0.1, 0.15) is 12.6 Å². The Kier molecular flexibility index (Phi) is 5.51. The Hall–Kier alpha value is -3.20. The number of thiazole rings is 1. The van der Waals surface area contributed by atoms with E-state index in [1.807, 2.05) is 29.6 Å². The molecule has 0 spiro atoms. The SMILES string of the molecule is CCOC(=O)C(=O)Nc1cc(C)nn1-c1nc(-c2cccc(OC)c2)cs1. The number of ether oxygens (including phenoxy) is 2. The minimum atomic E-state index is -0.945. The molecule has 0 saturated heterocycles. The number of amides is 1. The van der Waals surface area contributed by atoms with E-state index in [4.69, 9.17) is 9.47 Å². The average Bonchev–Trinajstić information content (AvgIpc) is 3.28. The highest BCUT2D eigenvalue weighted by atomic mass is 32.1. The van der Waals surface area contributed by atoms with Gasteiger partial charge in [0.25, 0.3) is 0 Å². The number of methoxy groups -OCH3 is 1. The summed E-state index contributed by atoms with van der Waals surface area (Å²) >= 11 is 1.37. The first-order valence-corrected chi connectivity index (χ1v) is 9.05. The lowest BCUT2D eigenvalue weighted by Gasteiger charge is -2.06. The van der Waals surface area contributed by atoms with E-state index < -0.39 is 11.9 Å². The van der Waals surface area contributed by atoms with E-state index in [-0.39, 0.29) is 6.61 Å². The Bertz CT molecular complexity index is 979. The lowest BCUT2D eigenvalue weighted by molar-refractivity contribution is -0.152. The van der Waals surface area contributed by atoms with Crippen LogP contribution in [0.4, 0.5) is 5.82 Å². The number of rotatable bonds is 5. The molecule has 0 aliphatic carbocycles. The molecular weight excluding hydrogens is 368 g/mol. The van der Waals surface area contributed by atoms with Crippen LogP contribution in [0.15, 0.2) is 35.7 Å². The van der Waals surface area contributed by atoms with E-state index in [1.54, 1.807) is 27.0 Å². The van der Waals surface area contributed by atoms with Gasteiger partial charge in [-0.1, -0.05) is 12.1 Å². The van der Waals surface area contributed by atoms with Gasteiger partial charge in [0, 0.05) is 17.0 Å². The van der Waals surface area contributed by atoms with Crippen LogP contribution in [-0.4, -0.2) is 40.4 Å². The van der Waals surface area contributed by atoms with Crippen LogP contribution in [0.2, 0.25) is 0 Å². The van der Waals surface area contributed by atoms with Gasteiger partial charge in [-0.25, -0.2) is 9.78 Å². The minimum absolute atomic E-state index is 0.126. The van der Waals surface area contributed by atoms with E-state index >= 15 is 0 Å². The molecule has 0 fully saturated rings. The summed E-state index contributed by atoms with van der Waals surface area (Å²) in [5, 5.41) is 9.31. The molecule has 2 heterocycles. The molecule has 0 aliphatic heterocycles. The predicted molar refractivity (Wildman–Crippen MR) is 101 cm³/mol. The summed E-state index contributed by atoms with van der Waals surface area (Å²) in [6, 6.07) is 9.21. The predicted octanol–water partition coefficient (Wildman–Crippen LogP) is 2.81. The van der Waals surface area contributed by atoms with Crippen LogP contribution in [0.5, 0.6) is 5.75 Å². The third-order valence-corrected chi connectivity index (χ3v) is 4.39. The maximum absolute atomic E-state index is 11.9. The lowest BCUT2D eigenvalue weighted by Crippen LogP contribution is -2.26. The van der Waals surface area contributed by atoms with Gasteiger partial charge >= 0.3 is 11.9 Å². The number of esters is 1. The van der Waals surface area contributed by atoms with Gasteiger partial charge in [0.2, 0.25) is 5.13 Å². The quantitative estimate of drug-likeness (QED) is 0.535. The second-order valence-corrected chi connectivity index (χ2v) is 6.34. The fraction of sp³-hybridized carbons (Fsp3) is 0.222. The molecule has 0 saturated carbocycles. The Morgan fingerprint density at radius 2 is 2.11 bits per heavy atom. The highest BCUT2D eigenvalue weighted by Gasteiger charge is 2.19. The Balaban J connectivity index is 1.88. The first kappa shape index (κ1) is 18.6. The van der Waals surface area contributed by atoms with E-state index in [9.17, 15) is 9.59 Å². The fourth-order valence-electron chi connectivity index (χ4n) is 2.37. The van der Waals surface area contributed by atoms with Crippen LogP contribution in [-0.2, 0) is 14.3 Å². The molecule has 140 valence electrons. The lowest BCUT2D eigenvalue weighted by atomic mass is 10.2. The van der Waals surface area contributed by atoms with Crippen LogP contribution in [0.3, 0.4) is 0 Å². The van der Waals surface area contributed by atoms with Crippen molar-refractivity contribution in [1.82, 2.24) is 14.8 Å². The highest BCUT2D eigenvalue weighted by Crippen LogP contribution is 2.28. The summed E-state index contributed by atoms with van der Waals surface area (Å²) in [4.78, 5) is 28.1. The van der Waals surface area contributed by atoms with Crippen molar-refractivity contribution in [2.45, 2.75) is 13.8 Å². The molecule has 2 aromatic heterocycles. The molecule has 0 radical (unpaired) electrons. The van der Waals surface area contributed by atoms with Gasteiger partial charge in [-0.2, -0.15) is 9.78 Å². The van der Waals surface area contributed by atoms with Crippen molar-refractivity contribution in [3.8, 4) is 22.1 Å². The second-order valence-electron chi connectivity index (χ2n) is 5.50. The zero-order chi connectivity index (χ0) is 19.4. The van der Waals surface area contributed by atoms with E-state index in [2.05, 4.69) is 15.4 Å². The normalized spacial score (nSPS) is 10.5. The molecule has 0 bridgehead atoms. The topological polar surface area (TPSA) is 95.3 Å². The number of nitrogens with zero attached hydrogens (tertiary/aromatic N) is 3. The van der Waals surface area contributed by atoms with Crippen molar-refractivity contribution in [1.29, 1.82) is 0 Å². The largest absolute Gasteiger partial charge is 0.497 e. The van der Waals surface area contributed by atoms with Crippen LogP contribution in [0.25, 0.3) is 16.4 Å². The Labute approximate surface area is 159 Å². The second kappa shape index (κ2) is 8.00. The standard InChI is InChI=1S/C18H18N4O4S/c1-4-26-17(24)16(23)20-15-8-11(2)21-22(15)18-19-14(10-27-18)12-6-5-7-13(9-12)25-3/h5-10H,4H2,1-3H3,(H,20,23). The molecule has 0 atom stereocenters. The third kappa shape index (κ3) is 4.14. The summed E-state index contributed by atoms with van der Waals surface area (Å²) in [6.45, 7) is 3.54. The third-order valence-electron chi connectivity index (χ3n) is 3.57. The number of benzene rings is 1. The van der Waals surface area contributed by atoms with Gasteiger partial charge in [-0.05, 0) is 26.0 Å². The van der Waals surface area contributed by atoms with E-state index in [0.717, 1.165) is 17.0 Å². The summed E-state index contributed by atoms with van der Waals surface area (Å²) in [5.41, 5.74) is 2.33. The highest BCUT2D eigenvalue weighted by molar-refractivity contribution is 7.12. The molecule has 27 heavy (non-hydrogen) atoms. The number of hydrogen-bond acceptors (Lipinski definition) is 7. The maximum atomic E-state index is 11.9. The van der Waals surface area contributed by atoms with E-state index in [0.29, 0.717) is 16.6 Å². The summed E-state index contributed by atoms with van der Waals surface area (Å²) < 4.78 is 11.4. The smallest absolute Gasteiger partial charge is 0.397 e. The summed E-state index contributed by atoms with van der Waals surface area (Å²) in [7, 11) is 1.61. The maximum Gasteiger partial charge on any atom is 0.397 e. The zero-order valence-corrected chi connectivity index (χ0v) is 15.9. The number of anilines is 1. The molecule has 0 unspecified atom stereocenters. The number of carbonyl (C=O) groups excluding carboxylic acids is 2. The van der Waals surface area contributed by atoms with Gasteiger partial charge < -0.3 is 14.8 Å². The van der Waals surface area contributed by atoms with Crippen LogP contribution in [0, 0.1) is 6.92 Å². The first-order chi connectivity index (χ1) is 13.0. The summed E-state index contributed by atoms with van der Waals surface area (Å²) in [6.07, 6.45) is 0. The van der Waals surface area contributed by atoms with Gasteiger partial charge in [0.1, 0.15) is 11.6 Å². The molecule has 3 rings (SSSR count). The van der Waals surface area contributed by atoms with Crippen molar-refractivity contribution in [3.63, 3.8) is 0 Å². The monoisotopic (exact) mass is 386 g/mol. The van der Waals surface area contributed by atoms with Gasteiger partial charge in [0.15, 0.2) is 0 Å². The van der Waals surface area contributed by atoms with Crippen molar-refractivity contribution in [2.24, 2.45) is 0 Å². The molecular formula is C18H18N4O4S. The van der Waals surface area contributed by atoms with Crippen molar-refractivity contribution in [3.05, 3.63) is 41.4 Å². The number of carbonyl (C=O) groups is 2. The molecule has 1 aromatic carbocycles. The molecule has 1 N–H and O–H groups in total. The fourth-order valence-corrected chi connectivity index (χ4v) is 3.17. The molecule has 9 heteroatoms. The van der Waals surface area contributed by atoms with Crippen molar-refractivity contribution < 1.29 is 19.1 Å². The van der Waals surface area contributed by atoms with Crippen LogP contribution >= 0.6 is 11.3 Å². The molecule has 8 nitrogen and oxygen atoms in total. The Morgan fingerprint density at radius 3 is 2.85 bits per heavy atom. The number of hydrogen-bond donors (Lipinski definition) is 1. The number of aryl methyl sites for hydroxylation is 1. The van der Waals surface area contributed by atoms with Crippen LogP contribution < -0.4 is 10.1 Å². The molecule has 3 aromatic rings. The average molecular weight is 386 g/mol. The van der Waals surface area contributed by atoms with E-state index in [1.165, 1.54) is 16.0 Å². The van der Waals surface area contributed by atoms with Gasteiger partial charge in [-0.3, -0.25) is 4.79 Å². The zero-order valence-electron chi connectivity index (χ0n) is 15.1. The molecule has 0 aliphatic rings. The minimum Gasteiger partial charge on any atom is -0.497 e. The number of aromatic nitrogens is 3. The number of nitrogens with one attached hydrogen (secondary N) is 1.